The summed E-state index contributed by atoms with van der Waals surface area (Å²) in [7, 11) is 0. The summed E-state index contributed by atoms with van der Waals surface area (Å²) in [5.74, 6) is -1.67. The first-order chi connectivity index (χ1) is 10.1. The summed E-state index contributed by atoms with van der Waals surface area (Å²) >= 11 is 1.20. The quantitative estimate of drug-likeness (QED) is 0.575. The first-order valence-electron chi connectivity index (χ1n) is 6.79. The normalized spacial score (nSPS) is 24.6. The highest BCUT2D eigenvalue weighted by Gasteiger charge is 2.54. The van der Waals surface area contributed by atoms with E-state index in [2.05, 4.69) is 0 Å². The van der Waals surface area contributed by atoms with E-state index in [1.807, 2.05) is 0 Å². The molecule has 6 nitrogen and oxygen atoms in total. The zero-order valence-electron chi connectivity index (χ0n) is 12.8. The Bertz CT molecular complexity index is 554. The summed E-state index contributed by atoms with van der Waals surface area (Å²) in [5.41, 5.74) is -0.301. The van der Waals surface area contributed by atoms with Crippen LogP contribution in [0.5, 0.6) is 0 Å². The molecule has 1 unspecified atom stereocenters. The van der Waals surface area contributed by atoms with Crippen molar-refractivity contribution in [3.05, 3.63) is 11.3 Å². The van der Waals surface area contributed by atoms with Gasteiger partial charge in [-0.25, -0.2) is 9.18 Å². The number of halogens is 1. The summed E-state index contributed by atoms with van der Waals surface area (Å²) in [6, 6.07) is 0. The molecule has 1 amide bonds. The molecular weight excluding hydrogens is 313 g/mol. The number of carbonyl (C=O) groups is 3. The highest BCUT2D eigenvalue weighted by molar-refractivity contribution is 8.00. The molecule has 0 aromatic heterocycles. The third-order valence-corrected chi connectivity index (χ3v) is 4.33. The number of carbonyl (C=O) groups excluding carboxylic acids is 3. The van der Waals surface area contributed by atoms with Crippen molar-refractivity contribution in [3.8, 4) is 0 Å². The predicted molar refractivity (Wildman–Crippen MR) is 77.5 cm³/mol. The molecule has 1 fully saturated rings. The molecule has 22 heavy (non-hydrogen) atoms. The molecule has 8 heteroatoms. The van der Waals surface area contributed by atoms with E-state index in [1.54, 1.807) is 20.8 Å². The number of ether oxygens (including phenoxy) is 2. The number of hydrogen-bond donors (Lipinski definition) is 0. The number of amides is 1. The maximum absolute atomic E-state index is 13.6. The van der Waals surface area contributed by atoms with Gasteiger partial charge < -0.3 is 9.47 Å². The van der Waals surface area contributed by atoms with Crippen LogP contribution in [0.15, 0.2) is 11.3 Å². The van der Waals surface area contributed by atoms with Crippen LogP contribution >= 0.6 is 11.8 Å². The Labute approximate surface area is 132 Å². The molecular formula is C14H18FNO5S. The molecule has 0 aromatic rings. The van der Waals surface area contributed by atoms with E-state index in [4.69, 9.17) is 9.47 Å². The van der Waals surface area contributed by atoms with Gasteiger partial charge in [-0.15, -0.1) is 11.8 Å². The third-order valence-electron chi connectivity index (χ3n) is 3.02. The maximum atomic E-state index is 13.6. The van der Waals surface area contributed by atoms with E-state index in [-0.39, 0.29) is 12.3 Å². The average molecular weight is 331 g/mol. The minimum atomic E-state index is -1.61. The summed E-state index contributed by atoms with van der Waals surface area (Å²) in [6.07, 6.45) is -1.61. The molecule has 2 aliphatic heterocycles. The molecule has 1 saturated heterocycles. The highest BCUT2D eigenvalue weighted by atomic mass is 32.2. The zero-order chi connectivity index (χ0) is 16.7. The molecule has 2 atom stereocenters. The summed E-state index contributed by atoms with van der Waals surface area (Å²) in [5, 5.41) is -0.712. The Hall–Kier alpha value is -1.57. The first-order valence-corrected chi connectivity index (χ1v) is 7.84. The van der Waals surface area contributed by atoms with Crippen LogP contribution in [-0.2, 0) is 23.9 Å². The van der Waals surface area contributed by atoms with E-state index >= 15 is 0 Å². The lowest BCUT2D eigenvalue weighted by Crippen LogP contribution is -2.63. The van der Waals surface area contributed by atoms with Gasteiger partial charge in [0.1, 0.15) is 23.3 Å². The van der Waals surface area contributed by atoms with Gasteiger partial charge in [-0.05, 0) is 20.8 Å². The Kier molecular flexibility index (Phi) is 4.51. The number of esters is 2. The fourth-order valence-electron chi connectivity index (χ4n) is 2.12. The van der Waals surface area contributed by atoms with Crippen molar-refractivity contribution in [3.63, 3.8) is 0 Å². The number of nitrogens with zero attached hydrogens (tertiary/aromatic N) is 1. The van der Waals surface area contributed by atoms with Gasteiger partial charge in [0.25, 0.3) is 5.91 Å². The molecule has 0 saturated carbocycles. The molecule has 122 valence electrons. The topological polar surface area (TPSA) is 72.9 Å². The first kappa shape index (κ1) is 16.8. The number of fused-ring (bicyclic) bond motifs is 1. The standard InChI is InChI=1S/C14H18FNO5S/c1-7(17)20-5-8-6-22-12-9(15)11(18)16(12)10(8)13(19)21-14(2,3)4/h9,12H,5-6H2,1-4H3/t9-,12?/m0/s1. The van der Waals surface area contributed by atoms with Crippen LogP contribution in [-0.4, -0.2) is 52.3 Å². The summed E-state index contributed by atoms with van der Waals surface area (Å²) in [4.78, 5) is 36.2. The lowest BCUT2D eigenvalue weighted by atomic mass is 10.1. The van der Waals surface area contributed by atoms with Crippen molar-refractivity contribution in [2.75, 3.05) is 12.4 Å². The van der Waals surface area contributed by atoms with Crippen LogP contribution in [0.2, 0.25) is 0 Å². The van der Waals surface area contributed by atoms with Crippen LogP contribution < -0.4 is 0 Å². The molecule has 0 aliphatic carbocycles. The number of thioether (sulfide) groups is 1. The fraction of sp³-hybridized carbons (Fsp3) is 0.643. The maximum Gasteiger partial charge on any atom is 0.355 e. The SMILES string of the molecule is CC(=O)OCC1=C(C(=O)OC(C)(C)C)N2C(=O)[C@H](F)C2SC1. The average Bonchev–Trinajstić information content (AvgIpc) is 2.41. The van der Waals surface area contributed by atoms with Gasteiger partial charge in [-0.1, -0.05) is 0 Å². The van der Waals surface area contributed by atoms with E-state index in [0.717, 1.165) is 4.90 Å². The van der Waals surface area contributed by atoms with Crippen molar-refractivity contribution in [2.45, 2.75) is 44.8 Å². The van der Waals surface area contributed by atoms with Gasteiger partial charge in [-0.2, -0.15) is 0 Å². The van der Waals surface area contributed by atoms with Crippen LogP contribution in [0, 0.1) is 0 Å². The molecule has 0 bridgehead atoms. The van der Waals surface area contributed by atoms with Crippen molar-refractivity contribution >= 4 is 29.6 Å². The zero-order valence-corrected chi connectivity index (χ0v) is 13.7. The van der Waals surface area contributed by atoms with E-state index in [9.17, 15) is 18.8 Å². The van der Waals surface area contributed by atoms with Crippen LogP contribution in [0.3, 0.4) is 0 Å². The van der Waals surface area contributed by atoms with Crippen molar-refractivity contribution in [1.82, 2.24) is 4.90 Å². The molecule has 2 aliphatic rings. The van der Waals surface area contributed by atoms with Crippen LogP contribution in [0.25, 0.3) is 0 Å². The largest absolute Gasteiger partial charge is 0.461 e. The Morgan fingerprint density at radius 1 is 1.41 bits per heavy atom. The summed E-state index contributed by atoms with van der Waals surface area (Å²) in [6.45, 7) is 6.22. The Morgan fingerprint density at radius 2 is 2.05 bits per heavy atom. The molecule has 0 spiro atoms. The van der Waals surface area contributed by atoms with Gasteiger partial charge in [0.05, 0.1) is 0 Å². The third kappa shape index (κ3) is 3.26. The van der Waals surface area contributed by atoms with Crippen molar-refractivity contribution in [2.24, 2.45) is 0 Å². The monoisotopic (exact) mass is 331 g/mol. The van der Waals surface area contributed by atoms with E-state index < -0.39 is 35.0 Å². The lowest BCUT2D eigenvalue weighted by Gasteiger charge is -2.46. The second-order valence-corrected chi connectivity index (χ2v) is 7.15. The van der Waals surface area contributed by atoms with Crippen LogP contribution in [0.1, 0.15) is 27.7 Å². The van der Waals surface area contributed by atoms with Crippen LogP contribution in [0.4, 0.5) is 4.39 Å². The van der Waals surface area contributed by atoms with Crippen molar-refractivity contribution < 1.29 is 28.2 Å². The van der Waals surface area contributed by atoms with E-state index in [1.165, 1.54) is 18.7 Å². The minimum Gasteiger partial charge on any atom is -0.461 e. The predicted octanol–water partition coefficient (Wildman–Crippen LogP) is 1.40. The number of hydrogen-bond acceptors (Lipinski definition) is 6. The van der Waals surface area contributed by atoms with Gasteiger partial charge >= 0.3 is 11.9 Å². The highest BCUT2D eigenvalue weighted by Crippen LogP contribution is 2.42. The molecule has 0 aromatic carbocycles. The lowest BCUT2D eigenvalue weighted by molar-refractivity contribution is -0.161. The van der Waals surface area contributed by atoms with Gasteiger partial charge in [-0.3, -0.25) is 14.5 Å². The van der Waals surface area contributed by atoms with Gasteiger partial charge in [0, 0.05) is 18.2 Å². The fourth-order valence-corrected chi connectivity index (χ4v) is 3.35. The Morgan fingerprint density at radius 3 is 2.59 bits per heavy atom. The minimum absolute atomic E-state index is 0.00109. The van der Waals surface area contributed by atoms with Crippen molar-refractivity contribution in [1.29, 1.82) is 0 Å². The number of alkyl halides is 1. The Balaban J connectivity index is 2.30. The summed E-state index contributed by atoms with van der Waals surface area (Å²) < 4.78 is 23.8. The number of rotatable bonds is 3. The molecule has 2 heterocycles. The van der Waals surface area contributed by atoms with Gasteiger partial charge in [0.15, 0.2) is 0 Å². The second-order valence-electron chi connectivity index (χ2n) is 6.05. The van der Waals surface area contributed by atoms with Gasteiger partial charge in [0.2, 0.25) is 6.17 Å². The second kappa shape index (κ2) is 5.91. The number of β-lactam (4-membered cyclic amide) rings is 1. The molecule has 0 radical (unpaired) electrons. The van der Waals surface area contributed by atoms with E-state index in [0.29, 0.717) is 11.3 Å². The smallest absolute Gasteiger partial charge is 0.355 e. The molecule has 2 rings (SSSR count). The molecule has 0 N–H and O–H groups in total.